The summed E-state index contributed by atoms with van der Waals surface area (Å²) in [5.41, 5.74) is 1.19. The summed E-state index contributed by atoms with van der Waals surface area (Å²) in [5, 5.41) is 5.47. The SMILES string of the molecule is COC(=O)c1cccc(NC(=O)c2ccnc(C(=O)NCC3CCCO3)c2)c1. The summed E-state index contributed by atoms with van der Waals surface area (Å²) in [6.07, 6.45) is 3.34. The number of carbonyl (C=O) groups excluding carboxylic acids is 3. The van der Waals surface area contributed by atoms with Crippen LogP contribution in [-0.2, 0) is 9.47 Å². The van der Waals surface area contributed by atoms with E-state index < -0.39 is 11.9 Å². The molecule has 0 spiro atoms. The third-order valence-electron chi connectivity index (χ3n) is 4.31. The van der Waals surface area contributed by atoms with E-state index in [2.05, 4.69) is 20.4 Å². The Hall–Kier alpha value is -3.26. The summed E-state index contributed by atoms with van der Waals surface area (Å²) >= 11 is 0. The molecule has 1 saturated heterocycles. The topological polar surface area (TPSA) is 107 Å². The quantitative estimate of drug-likeness (QED) is 0.739. The van der Waals surface area contributed by atoms with Gasteiger partial charge in [-0.2, -0.15) is 0 Å². The highest BCUT2D eigenvalue weighted by Crippen LogP contribution is 2.14. The maximum absolute atomic E-state index is 12.5. The number of methoxy groups -OCH3 is 1. The molecule has 0 radical (unpaired) electrons. The van der Waals surface area contributed by atoms with Gasteiger partial charge in [-0.15, -0.1) is 0 Å². The molecule has 146 valence electrons. The number of hydrogen-bond acceptors (Lipinski definition) is 6. The zero-order chi connectivity index (χ0) is 19.9. The standard InChI is InChI=1S/C20H21N3O5/c1-27-20(26)14-4-2-5-15(10-14)23-18(24)13-7-8-21-17(11-13)19(25)22-12-16-6-3-9-28-16/h2,4-5,7-8,10-11,16H,3,6,9,12H2,1H3,(H,22,25)(H,23,24). The summed E-state index contributed by atoms with van der Waals surface area (Å²) in [7, 11) is 1.29. The number of anilines is 1. The number of pyridine rings is 1. The zero-order valence-electron chi connectivity index (χ0n) is 15.4. The second-order valence-electron chi connectivity index (χ2n) is 6.30. The van der Waals surface area contributed by atoms with E-state index in [4.69, 9.17) is 4.74 Å². The van der Waals surface area contributed by atoms with Crippen molar-refractivity contribution in [3.63, 3.8) is 0 Å². The number of ether oxygens (including phenoxy) is 2. The number of hydrogen-bond donors (Lipinski definition) is 2. The van der Waals surface area contributed by atoms with Gasteiger partial charge in [0.05, 0.1) is 18.8 Å². The smallest absolute Gasteiger partial charge is 0.337 e. The van der Waals surface area contributed by atoms with E-state index in [1.54, 1.807) is 18.2 Å². The Kier molecular flexibility index (Phi) is 6.33. The Morgan fingerprint density at radius 3 is 2.79 bits per heavy atom. The maximum Gasteiger partial charge on any atom is 0.337 e. The minimum atomic E-state index is -0.495. The Balaban J connectivity index is 1.65. The third kappa shape index (κ3) is 4.92. The zero-order valence-corrected chi connectivity index (χ0v) is 15.4. The van der Waals surface area contributed by atoms with Crippen molar-refractivity contribution in [3.8, 4) is 0 Å². The number of esters is 1. The molecule has 1 aromatic heterocycles. The van der Waals surface area contributed by atoms with Crippen molar-refractivity contribution in [1.29, 1.82) is 0 Å². The van der Waals surface area contributed by atoms with E-state index >= 15 is 0 Å². The molecule has 1 aliphatic rings. The molecule has 2 N–H and O–H groups in total. The van der Waals surface area contributed by atoms with Gasteiger partial charge in [0.2, 0.25) is 0 Å². The van der Waals surface area contributed by atoms with E-state index in [1.165, 1.54) is 31.5 Å². The molecule has 2 heterocycles. The van der Waals surface area contributed by atoms with Gasteiger partial charge in [-0.3, -0.25) is 14.6 Å². The fourth-order valence-electron chi connectivity index (χ4n) is 2.84. The summed E-state index contributed by atoms with van der Waals surface area (Å²) in [5.74, 6) is -1.28. The molecule has 2 amide bonds. The molecule has 1 fully saturated rings. The molecule has 1 atom stereocenters. The van der Waals surface area contributed by atoms with Gasteiger partial charge in [0.15, 0.2) is 0 Å². The molecule has 0 bridgehead atoms. The van der Waals surface area contributed by atoms with Gasteiger partial charge in [-0.1, -0.05) is 6.07 Å². The van der Waals surface area contributed by atoms with Gasteiger partial charge >= 0.3 is 5.97 Å². The van der Waals surface area contributed by atoms with Crippen LogP contribution in [0.1, 0.15) is 44.0 Å². The van der Waals surface area contributed by atoms with Crippen LogP contribution < -0.4 is 10.6 Å². The minimum absolute atomic E-state index is 0.0255. The number of carbonyl (C=O) groups is 3. The maximum atomic E-state index is 12.5. The van der Waals surface area contributed by atoms with Crippen LogP contribution in [0, 0.1) is 0 Å². The monoisotopic (exact) mass is 383 g/mol. The van der Waals surface area contributed by atoms with Crippen LogP contribution >= 0.6 is 0 Å². The third-order valence-corrected chi connectivity index (χ3v) is 4.31. The molecule has 1 unspecified atom stereocenters. The van der Waals surface area contributed by atoms with Crippen molar-refractivity contribution in [1.82, 2.24) is 10.3 Å². The Morgan fingerprint density at radius 2 is 2.04 bits per heavy atom. The van der Waals surface area contributed by atoms with Crippen LogP contribution in [-0.4, -0.2) is 49.1 Å². The first-order chi connectivity index (χ1) is 13.6. The largest absolute Gasteiger partial charge is 0.465 e. The predicted octanol–water partition coefficient (Wildman–Crippen LogP) is 2.03. The van der Waals surface area contributed by atoms with Crippen LogP contribution in [0.4, 0.5) is 5.69 Å². The van der Waals surface area contributed by atoms with Crippen LogP contribution in [0.5, 0.6) is 0 Å². The van der Waals surface area contributed by atoms with Gasteiger partial charge in [-0.05, 0) is 43.2 Å². The highest BCUT2D eigenvalue weighted by atomic mass is 16.5. The van der Waals surface area contributed by atoms with Crippen molar-refractivity contribution in [2.24, 2.45) is 0 Å². The number of nitrogens with zero attached hydrogens (tertiary/aromatic N) is 1. The lowest BCUT2D eigenvalue weighted by molar-refractivity contribution is 0.0600. The van der Waals surface area contributed by atoms with Gasteiger partial charge in [-0.25, -0.2) is 4.79 Å². The lowest BCUT2D eigenvalue weighted by Gasteiger charge is -2.11. The first-order valence-corrected chi connectivity index (χ1v) is 8.92. The normalized spacial score (nSPS) is 15.7. The predicted molar refractivity (Wildman–Crippen MR) is 101 cm³/mol. The number of aromatic nitrogens is 1. The molecular formula is C20H21N3O5. The van der Waals surface area contributed by atoms with Crippen molar-refractivity contribution < 1.29 is 23.9 Å². The average Bonchev–Trinajstić information content (AvgIpc) is 3.25. The molecule has 3 rings (SSSR count). The molecular weight excluding hydrogens is 362 g/mol. The number of benzene rings is 1. The van der Waals surface area contributed by atoms with Crippen molar-refractivity contribution in [2.75, 3.05) is 25.6 Å². The first kappa shape index (κ1) is 19.5. The van der Waals surface area contributed by atoms with E-state index in [1.807, 2.05) is 0 Å². The van der Waals surface area contributed by atoms with E-state index in [0.717, 1.165) is 12.8 Å². The van der Waals surface area contributed by atoms with Gasteiger partial charge in [0.25, 0.3) is 11.8 Å². The lowest BCUT2D eigenvalue weighted by Crippen LogP contribution is -2.32. The fourth-order valence-corrected chi connectivity index (χ4v) is 2.84. The Morgan fingerprint density at radius 1 is 1.18 bits per heavy atom. The van der Waals surface area contributed by atoms with Crippen molar-refractivity contribution >= 4 is 23.5 Å². The summed E-state index contributed by atoms with van der Waals surface area (Å²) < 4.78 is 10.1. The first-order valence-electron chi connectivity index (χ1n) is 8.92. The van der Waals surface area contributed by atoms with Crippen LogP contribution in [0.25, 0.3) is 0 Å². The highest BCUT2D eigenvalue weighted by Gasteiger charge is 2.18. The number of rotatable bonds is 6. The van der Waals surface area contributed by atoms with Crippen molar-refractivity contribution in [3.05, 3.63) is 59.4 Å². The molecule has 0 aliphatic carbocycles. The molecule has 1 aromatic carbocycles. The van der Waals surface area contributed by atoms with Crippen LogP contribution in [0.3, 0.4) is 0 Å². The molecule has 8 heteroatoms. The second kappa shape index (κ2) is 9.09. The number of nitrogens with one attached hydrogen (secondary N) is 2. The molecule has 28 heavy (non-hydrogen) atoms. The highest BCUT2D eigenvalue weighted by molar-refractivity contribution is 6.06. The average molecular weight is 383 g/mol. The molecule has 0 saturated carbocycles. The van der Waals surface area contributed by atoms with Gasteiger partial charge < -0.3 is 20.1 Å². The lowest BCUT2D eigenvalue weighted by atomic mass is 10.1. The molecule has 2 aromatic rings. The Bertz CT molecular complexity index is 878. The van der Waals surface area contributed by atoms with Gasteiger partial charge in [0, 0.05) is 30.6 Å². The van der Waals surface area contributed by atoms with E-state index in [0.29, 0.717) is 24.4 Å². The summed E-state index contributed by atoms with van der Waals surface area (Å²) in [6.45, 7) is 1.13. The van der Waals surface area contributed by atoms with Crippen molar-refractivity contribution in [2.45, 2.75) is 18.9 Å². The summed E-state index contributed by atoms with van der Waals surface area (Å²) in [6, 6.07) is 9.32. The fraction of sp³-hybridized carbons (Fsp3) is 0.300. The van der Waals surface area contributed by atoms with E-state index in [9.17, 15) is 14.4 Å². The van der Waals surface area contributed by atoms with Crippen LogP contribution in [0.15, 0.2) is 42.6 Å². The van der Waals surface area contributed by atoms with E-state index in [-0.39, 0.29) is 23.3 Å². The van der Waals surface area contributed by atoms with Gasteiger partial charge in [0.1, 0.15) is 5.69 Å². The number of amides is 2. The molecule has 1 aliphatic heterocycles. The summed E-state index contributed by atoms with van der Waals surface area (Å²) in [4.78, 5) is 40.4. The minimum Gasteiger partial charge on any atom is -0.465 e. The van der Waals surface area contributed by atoms with Crippen LogP contribution in [0.2, 0.25) is 0 Å². The second-order valence-corrected chi connectivity index (χ2v) is 6.30. The Labute approximate surface area is 162 Å². The molecule has 8 nitrogen and oxygen atoms in total.